The van der Waals surface area contributed by atoms with Crippen LogP contribution in [0.4, 0.5) is 5.69 Å². The van der Waals surface area contributed by atoms with Crippen LogP contribution in [0, 0.1) is 12.3 Å². The van der Waals surface area contributed by atoms with Crippen LogP contribution in [0.25, 0.3) is 0 Å². The average molecular weight is 270 g/mol. The zero-order chi connectivity index (χ0) is 10.9. The predicted molar refractivity (Wildman–Crippen MR) is 66.3 cm³/mol. The van der Waals surface area contributed by atoms with Gasteiger partial charge in [0, 0.05) is 22.1 Å². The van der Waals surface area contributed by atoms with Crippen LogP contribution in [0.15, 0.2) is 22.7 Å². The highest BCUT2D eigenvalue weighted by Gasteiger charge is 2.32. The lowest BCUT2D eigenvalue weighted by Gasteiger charge is -2.38. The van der Waals surface area contributed by atoms with Crippen LogP contribution in [-0.2, 0) is 4.74 Å². The van der Waals surface area contributed by atoms with Gasteiger partial charge in [-0.2, -0.15) is 0 Å². The van der Waals surface area contributed by atoms with Gasteiger partial charge in [-0.1, -0.05) is 28.9 Å². The summed E-state index contributed by atoms with van der Waals surface area (Å²) in [4.78, 5) is 0. The molecule has 2 rings (SSSR count). The van der Waals surface area contributed by atoms with Gasteiger partial charge in [-0.25, -0.2) is 0 Å². The summed E-state index contributed by atoms with van der Waals surface area (Å²) in [6.45, 7) is 7.05. The summed E-state index contributed by atoms with van der Waals surface area (Å²) in [7, 11) is 0. The van der Waals surface area contributed by atoms with Crippen LogP contribution >= 0.6 is 15.9 Å². The van der Waals surface area contributed by atoms with Crippen molar-refractivity contribution >= 4 is 21.6 Å². The van der Waals surface area contributed by atoms with Crippen molar-refractivity contribution in [1.29, 1.82) is 0 Å². The number of rotatable bonds is 3. The topological polar surface area (TPSA) is 21.3 Å². The fourth-order valence-electron chi connectivity index (χ4n) is 1.57. The fraction of sp³-hybridized carbons (Fsp3) is 0.500. The van der Waals surface area contributed by atoms with E-state index in [0.717, 1.165) is 24.2 Å². The van der Waals surface area contributed by atoms with E-state index in [1.165, 1.54) is 11.3 Å². The lowest BCUT2D eigenvalue weighted by atomic mass is 9.89. The number of aryl methyl sites for hydroxylation is 1. The van der Waals surface area contributed by atoms with Gasteiger partial charge in [-0.3, -0.25) is 0 Å². The van der Waals surface area contributed by atoms with Gasteiger partial charge < -0.3 is 10.1 Å². The third kappa shape index (κ3) is 2.52. The van der Waals surface area contributed by atoms with Crippen LogP contribution in [-0.4, -0.2) is 19.8 Å². The normalized spacial score (nSPS) is 18.3. The first kappa shape index (κ1) is 11.0. The zero-order valence-electron chi connectivity index (χ0n) is 9.14. The molecule has 1 heterocycles. The number of benzene rings is 1. The van der Waals surface area contributed by atoms with E-state index in [9.17, 15) is 0 Å². The summed E-state index contributed by atoms with van der Waals surface area (Å²) in [5, 5.41) is 3.45. The maximum Gasteiger partial charge on any atom is 0.0559 e. The third-order valence-electron chi connectivity index (χ3n) is 2.79. The predicted octanol–water partition coefficient (Wildman–Crippen LogP) is 3.21. The van der Waals surface area contributed by atoms with Crippen molar-refractivity contribution in [3.8, 4) is 0 Å². The Hall–Kier alpha value is -0.540. The quantitative estimate of drug-likeness (QED) is 0.910. The fourth-order valence-corrected chi connectivity index (χ4v) is 1.95. The summed E-state index contributed by atoms with van der Waals surface area (Å²) >= 11 is 3.53. The molecule has 82 valence electrons. The second-order valence-corrected chi connectivity index (χ2v) is 5.48. The lowest BCUT2D eigenvalue weighted by Crippen LogP contribution is -2.45. The SMILES string of the molecule is Cc1ccc(NCC2(C)COC2)cc1Br. The molecule has 1 fully saturated rings. The van der Waals surface area contributed by atoms with Crippen molar-refractivity contribution in [3.63, 3.8) is 0 Å². The highest BCUT2D eigenvalue weighted by atomic mass is 79.9. The Kier molecular flexibility index (Phi) is 3.03. The molecule has 2 nitrogen and oxygen atoms in total. The summed E-state index contributed by atoms with van der Waals surface area (Å²) < 4.78 is 6.37. The van der Waals surface area contributed by atoms with Gasteiger partial charge in [0.25, 0.3) is 0 Å². The monoisotopic (exact) mass is 269 g/mol. The van der Waals surface area contributed by atoms with E-state index in [2.05, 4.69) is 53.3 Å². The highest BCUT2D eigenvalue weighted by Crippen LogP contribution is 2.27. The first-order valence-corrected chi connectivity index (χ1v) is 5.96. The Morgan fingerprint density at radius 1 is 1.47 bits per heavy atom. The molecule has 1 saturated heterocycles. The van der Waals surface area contributed by atoms with E-state index in [-0.39, 0.29) is 0 Å². The smallest absolute Gasteiger partial charge is 0.0559 e. The molecule has 0 spiro atoms. The minimum absolute atomic E-state index is 0.317. The minimum atomic E-state index is 0.317. The molecule has 1 N–H and O–H groups in total. The Morgan fingerprint density at radius 2 is 2.20 bits per heavy atom. The lowest BCUT2D eigenvalue weighted by molar-refractivity contribution is -0.0924. The molecule has 0 saturated carbocycles. The number of halogens is 1. The molecule has 0 radical (unpaired) electrons. The van der Waals surface area contributed by atoms with E-state index in [4.69, 9.17) is 4.74 Å². The maximum absolute atomic E-state index is 5.22. The molecule has 1 aromatic carbocycles. The first-order chi connectivity index (χ1) is 7.09. The second kappa shape index (κ2) is 4.14. The summed E-state index contributed by atoms with van der Waals surface area (Å²) in [5.74, 6) is 0. The number of hydrogen-bond donors (Lipinski definition) is 1. The van der Waals surface area contributed by atoms with Crippen LogP contribution in [0.5, 0.6) is 0 Å². The molecule has 1 aliphatic rings. The molecular formula is C12H16BrNO. The largest absolute Gasteiger partial charge is 0.384 e. The van der Waals surface area contributed by atoms with Gasteiger partial charge in [-0.05, 0) is 24.6 Å². The average Bonchev–Trinajstić information content (AvgIpc) is 2.17. The molecule has 0 bridgehead atoms. The highest BCUT2D eigenvalue weighted by molar-refractivity contribution is 9.10. The number of anilines is 1. The molecule has 0 amide bonds. The van der Waals surface area contributed by atoms with Crippen molar-refractivity contribution in [2.24, 2.45) is 5.41 Å². The first-order valence-electron chi connectivity index (χ1n) is 5.17. The number of nitrogens with one attached hydrogen (secondary N) is 1. The summed E-state index contributed by atoms with van der Waals surface area (Å²) in [5.41, 5.74) is 2.75. The Balaban J connectivity index is 1.96. The standard InChI is InChI=1S/C12H16BrNO/c1-9-3-4-10(5-11(9)13)14-6-12(2)7-15-8-12/h3-5,14H,6-8H2,1-2H3. The van der Waals surface area contributed by atoms with E-state index >= 15 is 0 Å². The molecular weight excluding hydrogens is 254 g/mol. The van der Waals surface area contributed by atoms with Gasteiger partial charge in [0.15, 0.2) is 0 Å². The van der Waals surface area contributed by atoms with Gasteiger partial charge >= 0.3 is 0 Å². The van der Waals surface area contributed by atoms with Crippen LogP contribution < -0.4 is 5.32 Å². The third-order valence-corrected chi connectivity index (χ3v) is 3.65. The van der Waals surface area contributed by atoms with Crippen molar-refractivity contribution in [3.05, 3.63) is 28.2 Å². The van der Waals surface area contributed by atoms with Crippen molar-refractivity contribution < 1.29 is 4.74 Å². The van der Waals surface area contributed by atoms with Crippen molar-refractivity contribution in [2.75, 3.05) is 25.1 Å². The summed E-state index contributed by atoms with van der Waals surface area (Å²) in [6.07, 6.45) is 0. The van der Waals surface area contributed by atoms with Crippen LogP contribution in [0.1, 0.15) is 12.5 Å². The minimum Gasteiger partial charge on any atom is -0.384 e. The van der Waals surface area contributed by atoms with Crippen LogP contribution in [0.3, 0.4) is 0 Å². The number of ether oxygens (including phenoxy) is 1. The number of hydrogen-bond acceptors (Lipinski definition) is 2. The van der Waals surface area contributed by atoms with Crippen molar-refractivity contribution in [2.45, 2.75) is 13.8 Å². The maximum atomic E-state index is 5.22. The van der Waals surface area contributed by atoms with Gasteiger partial charge in [0.1, 0.15) is 0 Å². The molecule has 0 aromatic heterocycles. The van der Waals surface area contributed by atoms with Gasteiger partial charge in [0.2, 0.25) is 0 Å². The molecule has 3 heteroatoms. The molecule has 1 aromatic rings. The molecule has 0 aliphatic carbocycles. The zero-order valence-corrected chi connectivity index (χ0v) is 10.7. The van der Waals surface area contributed by atoms with E-state index in [1.807, 2.05) is 0 Å². The van der Waals surface area contributed by atoms with E-state index < -0.39 is 0 Å². The van der Waals surface area contributed by atoms with E-state index in [1.54, 1.807) is 0 Å². The molecule has 15 heavy (non-hydrogen) atoms. The Labute approximate surface area is 99.1 Å². The van der Waals surface area contributed by atoms with Crippen molar-refractivity contribution in [1.82, 2.24) is 0 Å². The van der Waals surface area contributed by atoms with E-state index in [0.29, 0.717) is 5.41 Å². The Bertz CT molecular complexity index is 361. The van der Waals surface area contributed by atoms with Gasteiger partial charge in [-0.15, -0.1) is 0 Å². The molecule has 0 atom stereocenters. The van der Waals surface area contributed by atoms with Gasteiger partial charge in [0.05, 0.1) is 13.2 Å². The van der Waals surface area contributed by atoms with Crippen LogP contribution in [0.2, 0.25) is 0 Å². The Morgan fingerprint density at radius 3 is 2.73 bits per heavy atom. The molecule has 0 unspecified atom stereocenters. The summed E-state index contributed by atoms with van der Waals surface area (Å²) in [6, 6.07) is 6.35. The second-order valence-electron chi connectivity index (χ2n) is 4.62. The molecule has 1 aliphatic heterocycles.